The second-order valence-corrected chi connectivity index (χ2v) is 5.64. The summed E-state index contributed by atoms with van der Waals surface area (Å²) in [4.78, 5) is 10.9. The van der Waals surface area contributed by atoms with Crippen molar-refractivity contribution in [3.63, 3.8) is 0 Å². The molecule has 0 heterocycles. The Morgan fingerprint density at radius 2 is 2.00 bits per heavy atom. The molecule has 0 aliphatic heterocycles. The van der Waals surface area contributed by atoms with Crippen LogP contribution in [0.2, 0.25) is 0 Å². The Morgan fingerprint density at radius 3 is 2.61 bits per heavy atom. The van der Waals surface area contributed by atoms with Gasteiger partial charge in [-0.15, -0.1) is 0 Å². The van der Waals surface area contributed by atoms with Crippen LogP contribution in [0.25, 0.3) is 0 Å². The number of aliphatic hydroxyl groups excluding tert-OH is 1. The van der Waals surface area contributed by atoms with Gasteiger partial charge in [0.2, 0.25) is 0 Å². The van der Waals surface area contributed by atoms with Gasteiger partial charge in [0.15, 0.2) is 6.29 Å². The molecule has 0 amide bonds. The quantitative estimate of drug-likeness (QED) is 0.592. The van der Waals surface area contributed by atoms with E-state index in [1.54, 1.807) is 6.07 Å². The van der Waals surface area contributed by atoms with Crippen molar-refractivity contribution in [1.29, 1.82) is 0 Å². The minimum Gasteiger partial charge on any atom is -0.396 e. The van der Waals surface area contributed by atoms with Gasteiger partial charge in [-0.2, -0.15) is 0 Å². The molecule has 0 saturated heterocycles. The number of halogens is 1. The van der Waals surface area contributed by atoms with Crippen molar-refractivity contribution in [3.8, 4) is 0 Å². The van der Waals surface area contributed by atoms with Gasteiger partial charge in [-0.25, -0.2) is 0 Å². The van der Waals surface area contributed by atoms with Crippen molar-refractivity contribution in [2.75, 3.05) is 11.1 Å². The molecular formula is C13H17BrN2O2. The third-order valence-electron chi connectivity index (χ3n) is 3.36. The summed E-state index contributed by atoms with van der Waals surface area (Å²) in [6.45, 7) is 0. The zero-order chi connectivity index (χ0) is 13.1. The van der Waals surface area contributed by atoms with Gasteiger partial charge < -0.3 is 16.2 Å². The molecule has 5 heteroatoms. The van der Waals surface area contributed by atoms with E-state index in [1.807, 2.05) is 6.07 Å². The van der Waals surface area contributed by atoms with E-state index in [1.165, 1.54) is 0 Å². The van der Waals surface area contributed by atoms with Gasteiger partial charge in [0, 0.05) is 16.1 Å². The minimum absolute atomic E-state index is 0.173. The van der Waals surface area contributed by atoms with Crippen LogP contribution in [0.15, 0.2) is 16.6 Å². The number of anilines is 2. The van der Waals surface area contributed by atoms with Crippen molar-refractivity contribution in [3.05, 3.63) is 22.2 Å². The number of hydrogen-bond donors (Lipinski definition) is 3. The first kappa shape index (κ1) is 13.4. The first-order valence-electron chi connectivity index (χ1n) is 6.09. The van der Waals surface area contributed by atoms with Crippen molar-refractivity contribution >= 4 is 33.6 Å². The number of benzene rings is 1. The van der Waals surface area contributed by atoms with Crippen molar-refractivity contribution < 1.29 is 9.90 Å². The number of carbonyl (C=O) groups excluding carboxylic acids is 1. The highest BCUT2D eigenvalue weighted by atomic mass is 79.9. The number of aldehydes is 1. The normalized spacial score (nSPS) is 23.7. The molecule has 1 aromatic rings. The van der Waals surface area contributed by atoms with Gasteiger partial charge in [0.05, 0.1) is 17.5 Å². The molecule has 0 unspecified atom stereocenters. The minimum atomic E-state index is -0.173. The topological polar surface area (TPSA) is 75.4 Å². The van der Waals surface area contributed by atoms with E-state index in [2.05, 4.69) is 21.2 Å². The molecule has 1 aliphatic rings. The van der Waals surface area contributed by atoms with E-state index in [0.717, 1.165) is 42.1 Å². The number of hydrogen-bond acceptors (Lipinski definition) is 4. The van der Waals surface area contributed by atoms with Gasteiger partial charge in [-0.1, -0.05) is 15.9 Å². The number of rotatable bonds is 3. The number of nitrogens with one attached hydrogen (secondary N) is 1. The molecule has 1 aliphatic carbocycles. The second-order valence-electron chi connectivity index (χ2n) is 4.72. The van der Waals surface area contributed by atoms with Gasteiger partial charge in [0.1, 0.15) is 0 Å². The highest BCUT2D eigenvalue weighted by Gasteiger charge is 2.20. The van der Waals surface area contributed by atoms with Crippen LogP contribution in [0.4, 0.5) is 11.4 Å². The summed E-state index contributed by atoms with van der Waals surface area (Å²) in [5, 5.41) is 12.8. The maximum Gasteiger partial charge on any atom is 0.152 e. The lowest BCUT2D eigenvalue weighted by Crippen LogP contribution is -2.28. The predicted molar refractivity (Wildman–Crippen MR) is 75.8 cm³/mol. The molecular weight excluding hydrogens is 296 g/mol. The third kappa shape index (κ3) is 3.03. The van der Waals surface area contributed by atoms with Crippen molar-refractivity contribution in [2.45, 2.75) is 37.8 Å². The van der Waals surface area contributed by atoms with Gasteiger partial charge in [-0.05, 0) is 37.8 Å². The summed E-state index contributed by atoms with van der Waals surface area (Å²) in [6.07, 6.45) is 4.05. The average molecular weight is 313 g/mol. The smallest absolute Gasteiger partial charge is 0.152 e. The van der Waals surface area contributed by atoms with Crippen LogP contribution in [0.5, 0.6) is 0 Å². The molecule has 0 radical (unpaired) electrons. The van der Waals surface area contributed by atoms with Crippen LogP contribution < -0.4 is 11.1 Å². The first-order valence-corrected chi connectivity index (χ1v) is 6.88. The zero-order valence-electron chi connectivity index (χ0n) is 10.0. The van der Waals surface area contributed by atoms with Crippen LogP contribution in [-0.2, 0) is 0 Å². The van der Waals surface area contributed by atoms with E-state index in [0.29, 0.717) is 17.3 Å². The Labute approximate surface area is 115 Å². The molecule has 18 heavy (non-hydrogen) atoms. The molecule has 1 saturated carbocycles. The largest absolute Gasteiger partial charge is 0.396 e. The summed E-state index contributed by atoms with van der Waals surface area (Å²) >= 11 is 3.37. The summed E-state index contributed by atoms with van der Waals surface area (Å²) in [6, 6.07) is 3.90. The van der Waals surface area contributed by atoms with E-state index in [9.17, 15) is 9.90 Å². The van der Waals surface area contributed by atoms with Gasteiger partial charge in [-0.3, -0.25) is 4.79 Å². The Bertz CT molecular complexity index is 443. The van der Waals surface area contributed by atoms with Crippen LogP contribution in [-0.4, -0.2) is 23.5 Å². The van der Waals surface area contributed by atoms with E-state index in [-0.39, 0.29) is 6.10 Å². The first-order chi connectivity index (χ1) is 8.60. The van der Waals surface area contributed by atoms with Crippen LogP contribution in [0.3, 0.4) is 0 Å². The Balaban J connectivity index is 2.13. The fourth-order valence-corrected chi connectivity index (χ4v) is 2.77. The molecule has 1 fully saturated rings. The van der Waals surface area contributed by atoms with E-state index >= 15 is 0 Å². The number of nitrogen functional groups attached to an aromatic ring is 1. The van der Waals surface area contributed by atoms with Crippen molar-refractivity contribution in [2.24, 2.45) is 0 Å². The maximum atomic E-state index is 10.9. The number of carbonyl (C=O) groups is 1. The van der Waals surface area contributed by atoms with Gasteiger partial charge in [0.25, 0.3) is 0 Å². The lowest BCUT2D eigenvalue weighted by atomic mass is 9.93. The molecule has 0 atom stereocenters. The third-order valence-corrected chi connectivity index (χ3v) is 3.82. The molecule has 98 valence electrons. The zero-order valence-corrected chi connectivity index (χ0v) is 11.6. The highest BCUT2D eigenvalue weighted by molar-refractivity contribution is 9.10. The maximum absolute atomic E-state index is 10.9. The SMILES string of the molecule is Nc1c(C=O)cc(Br)cc1NC1CCC(O)CC1. The van der Waals surface area contributed by atoms with E-state index in [4.69, 9.17) is 5.73 Å². The monoisotopic (exact) mass is 312 g/mol. The Kier molecular flexibility index (Phi) is 4.24. The predicted octanol–water partition coefficient (Wildman–Crippen LogP) is 2.56. The van der Waals surface area contributed by atoms with E-state index < -0.39 is 0 Å². The van der Waals surface area contributed by atoms with Gasteiger partial charge >= 0.3 is 0 Å². The fraction of sp³-hybridized carbons (Fsp3) is 0.462. The highest BCUT2D eigenvalue weighted by Crippen LogP contribution is 2.30. The summed E-state index contributed by atoms with van der Waals surface area (Å²) in [7, 11) is 0. The average Bonchev–Trinajstić information content (AvgIpc) is 2.36. The summed E-state index contributed by atoms with van der Waals surface area (Å²) in [5.41, 5.74) is 7.70. The molecule has 0 spiro atoms. The molecule has 1 aromatic carbocycles. The van der Waals surface area contributed by atoms with Crippen LogP contribution in [0.1, 0.15) is 36.0 Å². The second kappa shape index (κ2) is 5.71. The summed E-state index contributed by atoms with van der Waals surface area (Å²) < 4.78 is 0.831. The Morgan fingerprint density at radius 1 is 1.33 bits per heavy atom. The number of aliphatic hydroxyl groups is 1. The molecule has 4 N–H and O–H groups in total. The van der Waals surface area contributed by atoms with Crippen LogP contribution >= 0.6 is 15.9 Å². The lowest BCUT2D eigenvalue weighted by molar-refractivity contribution is 0.112. The van der Waals surface area contributed by atoms with Crippen LogP contribution in [0, 0.1) is 0 Å². The standard InChI is InChI=1S/C13H17BrN2O2/c14-9-5-8(7-17)13(15)12(6-9)16-10-1-3-11(18)4-2-10/h5-7,10-11,16,18H,1-4,15H2. The van der Waals surface area contributed by atoms with Crippen molar-refractivity contribution in [1.82, 2.24) is 0 Å². The Hall–Kier alpha value is -1.07. The molecule has 0 bridgehead atoms. The summed E-state index contributed by atoms with van der Waals surface area (Å²) in [5.74, 6) is 0. The molecule has 2 rings (SSSR count). The number of nitrogens with two attached hydrogens (primary N) is 1. The molecule has 4 nitrogen and oxygen atoms in total. The fourth-order valence-electron chi connectivity index (χ4n) is 2.30. The molecule has 0 aromatic heterocycles. The lowest BCUT2D eigenvalue weighted by Gasteiger charge is -2.27.